The molecular weight excluding hydrogens is 298 g/mol. The van der Waals surface area contributed by atoms with Crippen molar-refractivity contribution in [3.63, 3.8) is 0 Å². The van der Waals surface area contributed by atoms with Crippen molar-refractivity contribution in [1.82, 2.24) is 5.32 Å². The van der Waals surface area contributed by atoms with Gasteiger partial charge in [0.2, 0.25) is 0 Å². The van der Waals surface area contributed by atoms with Gasteiger partial charge in [0.15, 0.2) is 0 Å². The molecule has 0 aliphatic rings. The molecule has 0 amide bonds. The molecule has 0 heterocycles. The molecule has 0 saturated heterocycles. The lowest BCUT2D eigenvalue weighted by molar-refractivity contribution is 0.523. The van der Waals surface area contributed by atoms with Crippen LogP contribution in [0, 0.1) is 11.8 Å². The van der Waals surface area contributed by atoms with Crippen molar-refractivity contribution in [2.24, 2.45) is 0 Å². The third-order valence-corrected chi connectivity index (χ3v) is 3.34. The molecule has 0 fully saturated rings. The summed E-state index contributed by atoms with van der Waals surface area (Å²) in [6, 6.07) is 6.31. The van der Waals surface area contributed by atoms with E-state index in [0.717, 1.165) is 34.4 Å². The number of hydrogen-bond donors (Lipinski definition) is 1. The first-order chi connectivity index (χ1) is 8.19. The fourth-order valence-corrected chi connectivity index (χ4v) is 2.54. The minimum absolute atomic E-state index is 0.279. The lowest BCUT2D eigenvalue weighted by Crippen LogP contribution is -2.21. The summed E-state index contributed by atoms with van der Waals surface area (Å²) in [7, 11) is 0. The van der Waals surface area contributed by atoms with Crippen molar-refractivity contribution in [2.75, 3.05) is 6.54 Å². The standard InChI is InChI=1S/C14H17BrClN/c1-3-5-6-7-14(17-4-2)12-9-8-11(15)10-13(12)16/h8-10,14,17H,4,6-7H2,1-2H3. The van der Waals surface area contributed by atoms with Crippen molar-refractivity contribution in [3.05, 3.63) is 33.3 Å². The minimum Gasteiger partial charge on any atom is -0.310 e. The maximum Gasteiger partial charge on any atom is 0.0465 e. The molecule has 1 aromatic carbocycles. The molecule has 17 heavy (non-hydrogen) atoms. The quantitative estimate of drug-likeness (QED) is 0.786. The van der Waals surface area contributed by atoms with Crippen LogP contribution in [0.15, 0.2) is 22.7 Å². The Hall–Kier alpha value is -0.490. The fourth-order valence-electron chi connectivity index (χ4n) is 1.74. The largest absolute Gasteiger partial charge is 0.310 e. The molecule has 92 valence electrons. The van der Waals surface area contributed by atoms with Crippen LogP contribution in [0.4, 0.5) is 0 Å². The summed E-state index contributed by atoms with van der Waals surface area (Å²) in [6.45, 7) is 4.90. The van der Waals surface area contributed by atoms with E-state index in [1.807, 2.05) is 19.1 Å². The summed E-state index contributed by atoms with van der Waals surface area (Å²) in [5, 5.41) is 4.25. The lowest BCUT2D eigenvalue weighted by atomic mass is 10.0. The molecule has 1 N–H and O–H groups in total. The average molecular weight is 315 g/mol. The van der Waals surface area contributed by atoms with Crippen molar-refractivity contribution < 1.29 is 0 Å². The van der Waals surface area contributed by atoms with Gasteiger partial charge < -0.3 is 5.32 Å². The Morgan fingerprint density at radius 3 is 2.82 bits per heavy atom. The van der Waals surface area contributed by atoms with Gasteiger partial charge in [-0.05, 0) is 37.6 Å². The van der Waals surface area contributed by atoms with Gasteiger partial charge >= 0.3 is 0 Å². The Kier molecular flexibility index (Phi) is 6.65. The number of benzene rings is 1. The second kappa shape index (κ2) is 7.76. The summed E-state index contributed by atoms with van der Waals surface area (Å²) >= 11 is 9.69. The second-order valence-corrected chi connectivity index (χ2v) is 5.06. The molecule has 1 unspecified atom stereocenters. The van der Waals surface area contributed by atoms with Crippen LogP contribution in [0.5, 0.6) is 0 Å². The molecule has 1 rings (SSSR count). The molecule has 0 radical (unpaired) electrons. The van der Waals surface area contributed by atoms with E-state index in [4.69, 9.17) is 11.6 Å². The van der Waals surface area contributed by atoms with Crippen LogP contribution < -0.4 is 5.32 Å². The van der Waals surface area contributed by atoms with Gasteiger partial charge in [-0.1, -0.05) is 40.5 Å². The van der Waals surface area contributed by atoms with Gasteiger partial charge in [0, 0.05) is 22.0 Å². The summed E-state index contributed by atoms with van der Waals surface area (Å²) in [6.07, 6.45) is 1.87. The van der Waals surface area contributed by atoms with E-state index in [1.165, 1.54) is 0 Å². The highest BCUT2D eigenvalue weighted by Gasteiger charge is 2.13. The number of halogens is 2. The lowest BCUT2D eigenvalue weighted by Gasteiger charge is -2.18. The van der Waals surface area contributed by atoms with Crippen LogP contribution >= 0.6 is 27.5 Å². The maximum atomic E-state index is 6.27. The van der Waals surface area contributed by atoms with Gasteiger partial charge in [-0.3, -0.25) is 0 Å². The Labute approximate surface area is 117 Å². The van der Waals surface area contributed by atoms with E-state index in [9.17, 15) is 0 Å². The zero-order valence-electron chi connectivity index (χ0n) is 10.2. The highest BCUT2D eigenvalue weighted by molar-refractivity contribution is 9.10. The predicted octanol–water partition coefficient (Wildman–Crippen LogP) is 4.56. The van der Waals surface area contributed by atoms with Crippen LogP contribution in [-0.4, -0.2) is 6.54 Å². The first-order valence-electron chi connectivity index (χ1n) is 5.77. The van der Waals surface area contributed by atoms with E-state index >= 15 is 0 Å². The summed E-state index contributed by atoms with van der Waals surface area (Å²) < 4.78 is 1.01. The van der Waals surface area contributed by atoms with Crippen LogP contribution in [0.2, 0.25) is 5.02 Å². The third kappa shape index (κ3) is 4.71. The SMILES string of the molecule is CC#CCCC(NCC)c1ccc(Br)cc1Cl. The second-order valence-electron chi connectivity index (χ2n) is 3.74. The zero-order chi connectivity index (χ0) is 12.7. The molecule has 0 aromatic heterocycles. The van der Waals surface area contributed by atoms with Gasteiger partial charge in [-0.2, -0.15) is 0 Å². The third-order valence-electron chi connectivity index (χ3n) is 2.52. The summed E-state index contributed by atoms with van der Waals surface area (Å²) in [5.41, 5.74) is 1.15. The molecule has 0 bridgehead atoms. The first-order valence-corrected chi connectivity index (χ1v) is 6.94. The molecule has 0 aliphatic heterocycles. The van der Waals surface area contributed by atoms with E-state index in [1.54, 1.807) is 0 Å². The van der Waals surface area contributed by atoms with Gasteiger partial charge in [-0.15, -0.1) is 11.8 Å². The number of hydrogen-bond acceptors (Lipinski definition) is 1. The Balaban J connectivity index is 2.83. The van der Waals surface area contributed by atoms with Crippen LogP contribution in [0.1, 0.15) is 38.3 Å². The van der Waals surface area contributed by atoms with E-state index in [2.05, 4.69) is 46.1 Å². The smallest absolute Gasteiger partial charge is 0.0465 e. The number of rotatable bonds is 5. The van der Waals surface area contributed by atoms with Crippen LogP contribution in [-0.2, 0) is 0 Å². The van der Waals surface area contributed by atoms with Crippen molar-refractivity contribution in [3.8, 4) is 11.8 Å². The van der Waals surface area contributed by atoms with Crippen molar-refractivity contribution in [1.29, 1.82) is 0 Å². The topological polar surface area (TPSA) is 12.0 Å². The van der Waals surface area contributed by atoms with Crippen molar-refractivity contribution in [2.45, 2.75) is 32.7 Å². The molecule has 0 aliphatic carbocycles. The summed E-state index contributed by atoms with van der Waals surface area (Å²) in [4.78, 5) is 0. The Morgan fingerprint density at radius 1 is 1.47 bits per heavy atom. The minimum atomic E-state index is 0.279. The van der Waals surface area contributed by atoms with Gasteiger partial charge in [0.1, 0.15) is 0 Å². The number of nitrogens with one attached hydrogen (secondary N) is 1. The molecule has 1 aromatic rings. The average Bonchev–Trinajstić information content (AvgIpc) is 2.28. The highest BCUT2D eigenvalue weighted by Crippen LogP contribution is 2.28. The van der Waals surface area contributed by atoms with Gasteiger partial charge in [0.25, 0.3) is 0 Å². The van der Waals surface area contributed by atoms with Gasteiger partial charge in [0.05, 0.1) is 0 Å². The predicted molar refractivity (Wildman–Crippen MR) is 78.3 cm³/mol. The van der Waals surface area contributed by atoms with Crippen LogP contribution in [0.3, 0.4) is 0 Å². The maximum absolute atomic E-state index is 6.27. The van der Waals surface area contributed by atoms with Crippen LogP contribution in [0.25, 0.3) is 0 Å². The Morgan fingerprint density at radius 2 is 2.24 bits per heavy atom. The Bertz CT molecular complexity index is 420. The zero-order valence-corrected chi connectivity index (χ0v) is 12.5. The molecule has 0 saturated carbocycles. The van der Waals surface area contributed by atoms with Gasteiger partial charge in [-0.25, -0.2) is 0 Å². The molecular formula is C14H17BrClN. The summed E-state index contributed by atoms with van der Waals surface area (Å²) in [5.74, 6) is 6.02. The van der Waals surface area contributed by atoms with E-state index < -0.39 is 0 Å². The molecule has 3 heteroatoms. The van der Waals surface area contributed by atoms with E-state index in [-0.39, 0.29) is 6.04 Å². The fraction of sp³-hybridized carbons (Fsp3) is 0.429. The normalized spacial score (nSPS) is 11.8. The van der Waals surface area contributed by atoms with E-state index in [0.29, 0.717) is 0 Å². The molecule has 1 atom stereocenters. The first kappa shape index (κ1) is 14.6. The molecule has 1 nitrogen and oxygen atoms in total. The van der Waals surface area contributed by atoms with Crippen molar-refractivity contribution >= 4 is 27.5 Å². The molecule has 0 spiro atoms. The monoisotopic (exact) mass is 313 g/mol. The highest BCUT2D eigenvalue weighted by atomic mass is 79.9.